The highest BCUT2D eigenvalue weighted by molar-refractivity contribution is 7.13. The molecule has 0 amide bonds. The fraction of sp³-hybridized carbons (Fsp3) is 0.0625. The van der Waals surface area contributed by atoms with Crippen molar-refractivity contribution < 1.29 is 9.13 Å². The van der Waals surface area contributed by atoms with Gasteiger partial charge in [-0.2, -0.15) is 0 Å². The molecule has 6 heteroatoms. The second-order valence-corrected chi connectivity index (χ2v) is 5.86. The van der Waals surface area contributed by atoms with Crippen LogP contribution in [0.1, 0.15) is 0 Å². The summed E-state index contributed by atoms with van der Waals surface area (Å²) in [6.45, 7) is 0. The zero-order valence-electron chi connectivity index (χ0n) is 11.6. The van der Waals surface area contributed by atoms with Crippen LogP contribution in [-0.4, -0.2) is 12.1 Å². The quantitative estimate of drug-likeness (QED) is 0.696. The Balaban J connectivity index is 2.02. The smallest absolute Gasteiger partial charge is 0.141 e. The lowest BCUT2D eigenvalue weighted by Gasteiger charge is -2.05. The summed E-state index contributed by atoms with van der Waals surface area (Å²) in [4.78, 5) is 4.47. The van der Waals surface area contributed by atoms with Crippen molar-refractivity contribution in [1.82, 2.24) is 4.98 Å². The molecule has 2 aromatic carbocycles. The maximum atomic E-state index is 14.0. The number of hydrogen-bond acceptors (Lipinski definition) is 4. The van der Waals surface area contributed by atoms with Crippen molar-refractivity contribution in [2.24, 2.45) is 0 Å². The summed E-state index contributed by atoms with van der Waals surface area (Å²) in [7, 11) is 1.56. The van der Waals surface area contributed by atoms with Gasteiger partial charge in [0, 0.05) is 10.9 Å². The standard InChI is InChI=1S/C16H12ClFN2OS/c1-21-14-6-5-9(7-12(14)19)13-8-22-16(20-13)15-10(17)3-2-4-11(15)18/h2-8H,19H2,1H3. The fourth-order valence-corrected chi connectivity index (χ4v) is 3.31. The van der Waals surface area contributed by atoms with Crippen LogP contribution in [0.2, 0.25) is 5.02 Å². The predicted molar refractivity (Wildman–Crippen MR) is 88.9 cm³/mol. The van der Waals surface area contributed by atoms with E-state index in [2.05, 4.69) is 4.98 Å². The highest BCUT2D eigenvalue weighted by Crippen LogP contribution is 2.36. The molecular formula is C16H12ClFN2OS. The zero-order valence-corrected chi connectivity index (χ0v) is 13.2. The van der Waals surface area contributed by atoms with E-state index < -0.39 is 0 Å². The molecule has 0 bridgehead atoms. The molecule has 0 fully saturated rings. The third kappa shape index (κ3) is 2.65. The lowest BCUT2D eigenvalue weighted by atomic mass is 10.1. The highest BCUT2D eigenvalue weighted by Gasteiger charge is 2.14. The number of hydrogen-bond donors (Lipinski definition) is 1. The second-order valence-electron chi connectivity index (χ2n) is 4.59. The van der Waals surface area contributed by atoms with Gasteiger partial charge in [0.15, 0.2) is 0 Å². The van der Waals surface area contributed by atoms with Crippen LogP contribution in [0.25, 0.3) is 21.8 Å². The summed E-state index contributed by atoms with van der Waals surface area (Å²) in [5, 5.41) is 2.72. The number of ether oxygens (including phenoxy) is 1. The molecule has 3 nitrogen and oxygen atoms in total. The van der Waals surface area contributed by atoms with E-state index in [4.69, 9.17) is 22.1 Å². The van der Waals surface area contributed by atoms with Gasteiger partial charge in [-0.15, -0.1) is 11.3 Å². The number of anilines is 1. The van der Waals surface area contributed by atoms with Gasteiger partial charge in [-0.3, -0.25) is 0 Å². The molecule has 0 saturated heterocycles. The van der Waals surface area contributed by atoms with Gasteiger partial charge < -0.3 is 10.5 Å². The molecule has 0 radical (unpaired) electrons. The van der Waals surface area contributed by atoms with Crippen molar-refractivity contribution in [3.8, 4) is 27.6 Å². The summed E-state index contributed by atoms with van der Waals surface area (Å²) in [5.41, 5.74) is 8.31. The van der Waals surface area contributed by atoms with Gasteiger partial charge in [0.2, 0.25) is 0 Å². The molecule has 0 unspecified atom stereocenters. The highest BCUT2D eigenvalue weighted by atomic mass is 35.5. The van der Waals surface area contributed by atoms with Crippen LogP contribution in [0.15, 0.2) is 41.8 Å². The van der Waals surface area contributed by atoms with Crippen molar-refractivity contribution in [1.29, 1.82) is 0 Å². The van der Waals surface area contributed by atoms with E-state index in [1.165, 1.54) is 17.4 Å². The van der Waals surface area contributed by atoms with E-state index in [0.29, 0.717) is 32.7 Å². The Hall–Kier alpha value is -2.11. The predicted octanol–water partition coefficient (Wildman–Crippen LogP) is 4.86. The van der Waals surface area contributed by atoms with Gasteiger partial charge in [-0.1, -0.05) is 17.7 Å². The first kappa shape index (κ1) is 14.8. The molecule has 0 atom stereocenters. The third-order valence-electron chi connectivity index (χ3n) is 3.21. The molecule has 0 aliphatic rings. The molecule has 3 rings (SSSR count). The van der Waals surface area contributed by atoms with E-state index in [9.17, 15) is 4.39 Å². The summed E-state index contributed by atoms with van der Waals surface area (Å²) >= 11 is 7.41. The summed E-state index contributed by atoms with van der Waals surface area (Å²) < 4.78 is 19.1. The maximum absolute atomic E-state index is 14.0. The number of benzene rings is 2. The van der Waals surface area contributed by atoms with Crippen molar-refractivity contribution in [3.63, 3.8) is 0 Å². The molecule has 2 N–H and O–H groups in total. The molecular weight excluding hydrogens is 323 g/mol. The molecule has 0 aliphatic heterocycles. The Kier molecular flexibility index (Phi) is 4.00. The van der Waals surface area contributed by atoms with Crippen LogP contribution in [-0.2, 0) is 0 Å². The number of nitrogens with two attached hydrogens (primary N) is 1. The minimum absolute atomic E-state index is 0.321. The molecule has 0 saturated carbocycles. The van der Waals surface area contributed by atoms with Crippen LogP contribution in [0, 0.1) is 5.82 Å². The van der Waals surface area contributed by atoms with E-state index in [0.717, 1.165) is 5.56 Å². The van der Waals surface area contributed by atoms with E-state index in [1.54, 1.807) is 31.4 Å². The van der Waals surface area contributed by atoms with E-state index in [-0.39, 0.29) is 5.82 Å². The van der Waals surface area contributed by atoms with Crippen molar-refractivity contribution >= 4 is 28.6 Å². The molecule has 3 aromatic rings. The Morgan fingerprint density at radius 1 is 1.27 bits per heavy atom. The van der Waals surface area contributed by atoms with Crippen LogP contribution in [0.5, 0.6) is 5.75 Å². The van der Waals surface area contributed by atoms with Crippen molar-refractivity contribution in [2.45, 2.75) is 0 Å². The number of thiazole rings is 1. The lowest BCUT2D eigenvalue weighted by molar-refractivity contribution is 0.417. The number of aromatic nitrogens is 1. The zero-order chi connectivity index (χ0) is 15.7. The Morgan fingerprint density at radius 2 is 2.09 bits per heavy atom. The Labute approximate surface area is 136 Å². The van der Waals surface area contributed by atoms with Crippen LogP contribution in [0.3, 0.4) is 0 Å². The largest absolute Gasteiger partial charge is 0.495 e. The Morgan fingerprint density at radius 3 is 2.77 bits per heavy atom. The molecule has 112 valence electrons. The molecule has 0 aliphatic carbocycles. The van der Waals surface area contributed by atoms with Crippen molar-refractivity contribution in [3.05, 3.63) is 52.6 Å². The first-order chi connectivity index (χ1) is 10.6. The lowest BCUT2D eigenvalue weighted by Crippen LogP contribution is -1.92. The number of rotatable bonds is 3. The number of methoxy groups -OCH3 is 1. The minimum Gasteiger partial charge on any atom is -0.495 e. The second kappa shape index (κ2) is 5.94. The van der Waals surface area contributed by atoms with Crippen LogP contribution >= 0.6 is 22.9 Å². The summed E-state index contributed by atoms with van der Waals surface area (Å²) in [6.07, 6.45) is 0. The molecule has 1 heterocycles. The normalized spacial score (nSPS) is 10.7. The summed E-state index contributed by atoms with van der Waals surface area (Å²) in [6, 6.07) is 10.00. The average Bonchev–Trinajstić information content (AvgIpc) is 2.96. The van der Waals surface area contributed by atoms with Gasteiger partial charge in [-0.25, -0.2) is 9.37 Å². The van der Waals surface area contributed by atoms with E-state index >= 15 is 0 Å². The maximum Gasteiger partial charge on any atom is 0.141 e. The van der Waals surface area contributed by atoms with Gasteiger partial charge >= 0.3 is 0 Å². The number of nitrogens with zero attached hydrogens (tertiary/aromatic N) is 1. The number of halogens is 2. The Bertz CT molecular complexity index is 815. The topological polar surface area (TPSA) is 48.1 Å². The number of nitrogen functional groups attached to an aromatic ring is 1. The fourth-order valence-electron chi connectivity index (χ4n) is 2.12. The SMILES string of the molecule is COc1ccc(-c2csc(-c3c(F)cccc3Cl)n2)cc1N. The van der Waals surface area contributed by atoms with Crippen molar-refractivity contribution in [2.75, 3.05) is 12.8 Å². The average molecular weight is 335 g/mol. The van der Waals surface area contributed by atoms with Crippen LogP contribution < -0.4 is 10.5 Å². The molecule has 1 aromatic heterocycles. The van der Waals surface area contributed by atoms with Gasteiger partial charge in [0.1, 0.15) is 16.6 Å². The minimum atomic E-state index is -0.386. The van der Waals surface area contributed by atoms with Crippen LogP contribution in [0.4, 0.5) is 10.1 Å². The first-order valence-corrected chi connectivity index (χ1v) is 7.69. The summed E-state index contributed by atoms with van der Waals surface area (Å²) in [5.74, 6) is 0.221. The molecule has 0 spiro atoms. The van der Waals surface area contributed by atoms with Gasteiger partial charge in [0.25, 0.3) is 0 Å². The monoisotopic (exact) mass is 334 g/mol. The first-order valence-electron chi connectivity index (χ1n) is 6.44. The van der Waals surface area contributed by atoms with Gasteiger partial charge in [0.05, 0.1) is 29.1 Å². The third-order valence-corrected chi connectivity index (χ3v) is 4.38. The van der Waals surface area contributed by atoms with Gasteiger partial charge in [-0.05, 0) is 30.3 Å². The van der Waals surface area contributed by atoms with E-state index in [1.807, 2.05) is 11.4 Å². The molecule has 22 heavy (non-hydrogen) atoms.